The van der Waals surface area contributed by atoms with Gasteiger partial charge >= 0.3 is 0 Å². The predicted octanol–water partition coefficient (Wildman–Crippen LogP) is 0.791. The van der Waals surface area contributed by atoms with Crippen molar-refractivity contribution in [1.29, 1.82) is 0 Å². The molecule has 0 atom stereocenters. The van der Waals surface area contributed by atoms with Gasteiger partial charge in [0.15, 0.2) is 0 Å². The lowest BCUT2D eigenvalue weighted by molar-refractivity contribution is 0.303. The Hall–Kier alpha value is -0.690. The number of rotatable bonds is 4. The molecule has 6 heteroatoms. The molecule has 4 nitrogen and oxygen atoms in total. The van der Waals surface area contributed by atoms with Crippen LogP contribution in [-0.2, 0) is 10.0 Å². The van der Waals surface area contributed by atoms with E-state index in [-0.39, 0.29) is 10.8 Å². The minimum atomic E-state index is -3.58. The third kappa shape index (κ3) is 3.22. The molecular formula is C8H11NO3S2. The van der Waals surface area contributed by atoms with Gasteiger partial charge in [-0.15, -0.1) is 11.3 Å². The summed E-state index contributed by atoms with van der Waals surface area (Å²) in [7, 11) is -3.58. The number of nitrogens with two attached hydrogens (primary N) is 1. The van der Waals surface area contributed by atoms with Crippen molar-refractivity contribution in [2.24, 2.45) is 5.14 Å². The Bertz CT molecular complexity index is 420. The van der Waals surface area contributed by atoms with Crippen LogP contribution in [0.3, 0.4) is 0 Å². The van der Waals surface area contributed by atoms with Crippen molar-refractivity contribution in [3.8, 4) is 0 Å². The minimum Gasteiger partial charge on any atom is -0.396 e. The number of aliphatic hydroxyl groups is 1. The molecule has 0 aliphatic rings. The lowest BCUT2D eigenvalue weighted by Crippen LogP contribution is -2.09. The highest BCUT2D eigenvalue weighted by molar-refractivity contribution is 7.91. The maximum atomic E-state index is 10.9. The molecule has 0 unspecified atom stereocenters. The van der Waals surface area contributed by atoms with Gasteiger partial charge in [-0.3, -0.25) is 0 Å². The molecule has 1 aromatic rings. The molecule has 0 saturated carbocycles. The monoisotopic (exact) mass is 233 g/mol. The molecule has 0 spiro atoms. The summed E-state index contributed by atoms with van der Waals surface area (Å²) in [5.74, 6) is 0. The van der Waals surface area contributed by atoms with Crippen molar-refractivity contribution in [2.45, 2.75) is 10.6 Å². The Kier molecular flexibility index (Phi) is 3.82. The average Bonchev–Trinajstić information content (AvgIpc) is 2.52. The fraction of sp³-hybridized carbons (Fsp3) is 0.250. The van der Waals surface area contributed by atoms with E-state index in [0.717, 1.165) is 16.2 Å². The van der Waals surface area contributed by atoms with E-state index >= 15 is 0 Å². The zero-order valence-electron chi connectivity index (χ0n) is 7.38. The normalized spacial score (nSPS) is 12.4. The van der Waals surface area contributed by atoms with E-state index in [9.17, 15) is 8.42 Å². The van der Waals surface area contributed by atoms with E-state index in [0.29, 0.717) is 6.42 Å². The van der Waals surface area contributed by atoms with Gasteiger partial charge in [-0.2, -0.15) is 0 Å². The second-order valence-electron chi connectivity index (χ2n) is 2.62. The van der Waals surface area contributed by atoms with Crippen LogP contribution >= 0.6 is 11.3 Å². The van der Waals surface area contributed by atoms with E-state index in [1.165, 1.54) is 6.07 Å². The van der Waals surface area contributed by atoms with Crippen molar-refractivity contribution >= 4 is 27.4 Å². The maximum absolute atomic E-state index is 10.9. The summed E-state index contributed by atoms with van der Waals surface area (Å²) in [6.45, 7) is 0.0872. The van der Waals surface area contributed by atoms with Crippen LogP contribution in [0.4, 0.5) is 0 Å². The van der Waals surface area contributed by atoms with Crippen LogP contribution in [0.15, 0.2) is 22.4 Å². The van der Waals surface area contributed by atoms with Gasteiger partial charge in [-0.1, -0.05) is 6.08 Å². The van der Waals surface area contributed by atoms with Gasteiger partial charge in [0.05, 0.1) is 0 Å². The highest BCUT2D eigenvalue weighted by Crippen LogP contribution is 2.21. The fourth-order valence-electron chi connectivity index (χ4n) is 0.851. The lowest BCUT2D eigenvalue weighted by Gasteiger charge is -1.88. The van der Waals surface area contributed by atoms with Crippen LogP contribution in [0.2, 0.25) is 0 Å². The average molecular weight is 233 g/mol. The topological polar surface area (TPSA) is 80.4 Å². The first-order valence-electron chi connectivity index (χ1n) is 3.94. The van der Waals surface area contributed by atoms with Crippen LogP contribution in [0.25, 0.3) is 6.08 Å². The van der Waals surface area contributed by atoms with Gasteiger partial charge in [0, 0.05) is 11.5 Å². The first-order valence-corrected chi connectivity index (χ1v) is 6.30. The number of aliphatic hydroxyl groups excluding tert-OH is 1. The number of thiophene rings is 1. The second-order valence-corrected chi connectivity index (χ2v) is 5.52. The number of sulfonamides is 1. The molecule has 0 radical (unpaired) electrons. The zero-order valence-corrected chi connectivity index (χ0v) is 9.01. The molecule has 1 rings (SSSR count). The highest BCUT2D eigenvalue weighted by atomic mass is 32.2. The van der Waals surface area contributed by atoms with Crippen LogP contribution in [-0.4, -0.2) is 20.1 Å². The van der Waals surface area contributed by atoms with Gasteiger partial charge in [0.2, 0.25) is 10.0 Å². The van der Waals surface area contributed by atoms with Crippen molar-refractivity contribution < 1.29 is 13.5 Å². The van der Waals surface area contributed by atoms with Crippen molar-refractivity contribution in [3.63, 3.8) is 0 Å². The summed E-state index contributed by atoms with van der Waals surface area (Å²) in [6, 6.07) is 3.15. The van der Waals surface area contributed by atoms with Gasteiger partial charge in [0.1, 0.15) is 4.21 Å². The van der Waals surface area contributed by atoms with Gasteiger partial charge in [0.25, 0.3) is 0 Å². The molecule has 1 heterocycles. The molecule has 0 fully saturated rings. The van der Waals surface area contributed by atoms with E-state index in [4.69, 9.17) is 10.2 Å². The molecule has 0 amide bonds. The molecule has 78 valence electrons. The summed E-state index contributed by atoms with van der Waals surface area (Å²) >= 11 is 1.11. The van der Waals surface area contributed by atoms with Gasteiger partial charge < -0.3 is 5.11 Å². The van der Waals surface area contributed by atoms with Gasteiger partial charge in [-0.05, 0) is 24.6 Å². The lowest BCUT2D eigenvalue weighted by atomic mass is 10.3. The Morgan fingerprint density at radius 3 is 2.71 bits per heavy atom. The first kappa shape index (κ1) is 11.4. The van der Waals surface area contributed by atoms with E-state index in [1.54, 1.807) is 18.2 Å². The molecular weight excluding hydrogens is 222 g/mol. The van der Waals surface area contributed by atoms with Crippen LogP contribution in [0.5, 0.6) is 0 Å². The molecule has 0 saturated heterocycles. The van der Waals surface area contributed by atoms with Crippen LogP contribution < -0.4 is 5.14 Å². The standard InChI is InChI=1S/C8H11NO3S2/c9-14(11,12)8-5-4-7(13-8)3-1-2-6-10/h1,3-5,10H,2,6H2,(H2,9,11,12). The third-order valence-electron chi connectivity index (χ3n) is 1.46. The molecule has 0 bridgehead atoms. The van der Waals surface area contributed by atoms with E-state index in [1.807, 2.05) is 0 Å². The molecule has 0 aromatic carbocycles. The van der Waals surface area contributed by atoms with E-state index in [2.05, 4.69) is 0 Å². The fourth-order valence-corrected chi connectivity index (χ4v) is 2.53. The second kappa shape index (κ2) is 4.70. The highest BCUT2D eigenvalue weighted by Gasteiger charge is 2.09. The van der Waals surface area contributed by atoms with E-state index < -0.39 is 10.0 Å². The molecule has 14 heavy (non-hydrogen) atoms. The molecule has 1 aromatic heterocycles. The SMILES string of the molecule is NS(=O)(=O)c1ccc(C=CCCO)s1. The smallest absolute Gasteiger partial charge is 0.247 e. The molecule has 0 aliphatic heterocycles. The summed E-state index contributed by atoms with van der Waals surface area (Å²) in [4.78, 5) is 0.808. The quantitative estimate of drug-likeness (QED) is 0.806. The molecule has 0 aliphatic carbocycles. The van der Waals surface area contributed by atoms with Crippen LogP contribution in [0.1, 0.15) is 11.3 Å². The Morgan fingerprint density at radius 1 is 1.50 bits per heavy atom. The Morgan fingerprint density at radius 2 is 2.21 bits per heavy atom. The summed E-state index contributed by atoms with van der Waals surface area (Å²) in [5, 5.41) is 13.5. The largest absolute Gasteiger partial charge is 0.396 e. The Labute approximate surface area is 86.7 Å². The van der Waals surface area contributed by atoms with Crippen molar-refractivity contribution in [2.75, 3.05) is 6.61 Å². The summed E-state index contributed by atoms with van der Waals surface area (Å²) < 4.78 is 22.0. The first-order chi connectivity index (χ1) is 6.54. The van der Waals surface area contributed by atoms with Crippen molar-refractivity contribution in [3.05, 3.63) is 23.1 Å². The molecule has 3 N–H and O–H groups in total. The van der Waals surface area contributed by atoms with Crippen LogP contribution in [0, 0.1) is 0 Å². The van der Waals surface area contributed by atoms with Crippen molar-refractivity contribution in [1.82, 2.24) is 0 Å². The third-order valence-corrected chi connectivity index (χ3v) is 3.95. The predicted molar refractivity (Wildman–Crippen MR) is 56.4 cm³/mol. The number of primary sulfonamides is 1. The maximum Gasteiger partial charge on any atom is 0.247 e. The number of hydrogen-bond acceptors (Lipinski definition) is 4. The summed E-state index contributed by atoms with van der Waals surface area (Å²) in [6.07, 6.45) is 4.09. The Balaban J connectivity index is 2.79. The number of hydrogen-bond donors (Lipinski definition) is 2. The minimum absolute atomic E-state index is 0.0872. The summed E-state index contributed by atoms with van der Waals surface area (Å²) in [5.41, 5.74) is 0. The zero-order chi connectivity index (χ0) is 10.6. The van der Waals surface area contributed by atoms with Gasteiger partial charge in [-0.25, -0.2) is 13.6 Å².